The van der Waals surface area contributed by atoms with Crippen LogP contribution in [0.25, 0.3) is 0 Å². The summed E-state index contributed by atoms with van der Waals surface area (Å²) in [5.41, 5.74) is 2.24. The molecule has 0 heterocycles. The van der Waals surface area contributed by atoms with Crippen LogP contribution in [0.4, 0.5) is 5.69 Å². The molecule has 1 amide bonds. The van der Waals surface area contributed by atoms with E-state index in [1.165, 1.54) is 12.7 Å². The topological polar surface area (TPSA) is 58.6 Å². The van der Waals surface area contributed by atoms with Crippen molar-refractivity contribution in [2.75, 3.05) is 19.0 Å². The van der Waals surface area contributed by atoms with Crippen molar-refractivity contribution in [1.82, 2.24) is 4.90 Å². The SMILES string of the molecule is COC(=O)c1cccc(NC(=O)CCN(Cc2ccccc2)C(C)C)c1. The molecule has 0 fully saturated rings. The summed E-state index contributed by atoms with van der Waals surface area (Å²) in [5.74, 6) is -0.499. The molecule has 5 nitrogen and oxygen atoms in total. The van der Waals surface area contributed by atoms with Gasteiger partial charge < -0.3 is 10.1 Å². The van der Waals surface area contributed by atoms with Crippen LogP contribution in [-0.4, -0.2) is 36.5 Å². The Morgan fingerprint density at radius 3 is 2.46 bits per heavy atom. The van der Waals surface area contributed by atoms with E-state index in [0.717, 1.165) is 6.54 Å². The molecule has 0 radical (unpaired) electrons. The molecule has 0 bridgehead atoms. The Labute approximate surface area is 155 Å². The van der Waals surface area contributed by atoms with Crippen molar-refractivity contribution in [3.05, 3.63) is 65.7 Å². The molecule has 0 spiro atoms. The fraction of sp³-hybridized carbons (Fsp3) is 0.333. The molecule has 2 aromatic carbocycles. The summed E-state index contributed by atoms with van der Waals surface area (Å²) < 4.78 is 4.70. The first-order valence-corrected chi connectivity index (χ1v) is 8.76. The number of hydrogen-bond acceptors (Lipinski definition) is 4. The molecule has 2 aromatic rings. The van der Waals surface area contributed by atoms with Crippen LogP contribution in [0.2, 0.25) is 0 Å². The molecule has 0 unspecified atom stereocenters. The Bertz CT molecular complexity index is 729. The molecule has 26 heavy (non-hydrogen) atoms. The molecule has 0 aliphatic rings. The highest BCUT2D eigenvalue weighted by molar-refractivity contribution is 5.94. The molecule has 1 N–H and O–H groups in total. The van der Waals surface area contributed by atoms with E-state index >= 15 is 0 Å². The highest BCUT2D eigenvalue weighted by Crippen LogP contribution is 2.13. The lowest BCUT2D eigenvalue weighted by Gasteiger charge is -2.26. The Morgan fingerprint density at radius 1 is 1.08 bits per heavy atom. The maximum Gasteiger partial charge on any atom is 0.337 e. The molecular weight excluding hydrogens is 328 g/mol. The normalized spacial score (nSPS) is 10.8. The van der Waals surface area contributed by atoms with Gasteiger partial charge >= 0.3 is 5.97 Å². The van der Waals surface area contributed by atoms with E-state index in [1.54, 1.807) is 24.3 Å². The Morgan fingerprint density at radius 2 is 1.81 bits per heavy atom. The second-order valence-corrected chi connectivity index (χ2v) is 6.42. The fourth-order valence-electron chi connectivity index (χ4n) is 2.65. The number of rotatable bonds is 8. The monoisotopic (exact) mass is 354 g/mol. The van der Waals surface area contributed by atoms with Crippen LogP contribution in [0, 0.1) is 0 Å². The summed E-state index contributed by atoms with van der Waals surface area (Å²) in [7, 11) is 1.33. The first kappa shape index (κ1) is 19.7. The summed E-state index contributed by atoms with van der Waals surface area (Å²) in [6.45, 7) is 5.72. The zero-order chi connectivity index (χ0) is 18.9. The second kappa shape index (κ2) is 9.73. The number of nitrogens with one attached hydrogen (secondary N) is 1. The lowest BCUT2D eigenvalue weighted by Crippen LogP contribution is -2.33. The van der Waals surface area contributed by atoms with E-state index in [4.69, 9.17) is 4.74 Å². The first-order chi connectivity index (χ1) is 12.5. The smallest absolute Gasteiger partial charge is 0.337 e. The number of hydrogen-bond donors (Lipinski definition) is 1. The maximum atomic E-state index is 12.3. The number of carbonyl (C=O) groups is 2. The lowest BCUT2D eigenvalue weighted by molar-refractivity contribution is -0.116. The van der Waals surface area contributed by atoms with E-state index in [0.29, 0.717) is 30.3 Å². The highest BCUT2D eigenvalue weighted by Gasteiger charge is 2.13. The second-order valence-electron chi connectivity index (χ2n) is 6.42. The predicted molar refractivity (Wildman–Crippen MR) is 103 cm³/mol. The zero-order valence-electron chi connectivity index (χ0n) is 15.6. The largest absolute Gasteiger partial charge is 0.465 e. The van der Waals surface area contributed by atoms with E-state index in [1.807, 2.05) is 18.2 Å². The number of amides is 1. The summed E-state index contributed by atoms with van der Waals surface area (Å²) in [4.78, 5) is 26.1. The van der Waals surface area contributed by atoms with Crippen LogP contribution in [0.3, 0.4) is 0 Å². The predicted octanol–water partition coefficient (Wildman–Crippen LogP) is 3.71. The minimum absolute atomic E-state index is 0.0780. The van der Waals surface area contributed by atoms with Gasteiger partial charge in [0.15, 0.2) is 0 Å². The van der Waals surface area contributed by atoms with Crippen LogP contribution < -0.4 is 5.32 Å². The van der Waals surface area contributed by atoms with Gasteiger partial charge in [0.25, 0.3) is 0 Å². The van der Waals surface area contributed by atoms with Crippen molar-refractivity contribution < 1.29 is 14.3 Å². The van der Waals surface area contributed by atoms with Gasteiger partial charge in [-0.1, -0.05) is 36.4 Å². The fourth-order valence-corrected chi connectivity index (χ4v) is 2.65. The number of nitrogens with zero attached hydrogens (tertiary/aromatic N) is 1. The van der Waals surface area contributed by atoms with Crippen molar-refractivity contribution >= 4 is 17.6 Å². The van der Waals surface area contributed by atoms with Crippen LogP contribution >= 0.6 is 0 Å². The minimum Gasteiger partial charge on any atom is -0.465 e. The summed E-state index contributed by atoms with van der Waals surface area (Å²) in [6.07, 6.45) is 0.382. The van der Waals surface area contributed by atoms with Gasteiger partial charge in [-0.2, -0.15) is 0 Å². The van der Waals surface area contributed by atoms with Gasteiger partial charge in [-0.15, -0.1) is 0 Å². The quantitative estimate of drug-likeness (QED) is 0.734. The summed E-state index contributed by atoms with van der Waals surface area (Å²) >= 11 is 0. The third kappa shape index (κ3) is 6.01. The lowest BCUT2D eigenvalue weighted by atomic mass is 10.1. The van der Waals surface area contributed by atoms with Gasteiger partial charge in [-0.25, -0.2) is 4.79 Å². The standard InChI is InChI=1S/C21H26N2O3/c1-16(2)23(15-17-8-5-4-6-9-17)13-12-20(24)22-19-11-7-10-18(14-19)21(25)26-3/h4-11,14,16H,12-13,15H2,1-3H3,(H,22,24). The van der Waals surface area contributed by atoms with Crippen molar-refractivity contribution in [1.29, 1.82) is 0 Å². The van der Waals surface area contributed by atoms with Gasteiger partial charge in [0, 0.05) is 31.2 Å². The van der Waals surface area contributed by atoms with Crippen LogP contribution in [0.15, 0.2) is 54.6 Å². The van der Waals surface area contributed by atoms with E-state index < -0.39 is 5.97 Å². The van der Waals surface area contributed by atoms with Gasteiger partial charge in [-0.05, 0) is 37.6 Å². The van der Waals surface area contributed by atoms with Gasteiger partial charge in [0.1, 0.15) is 0 Å². The molecule has 2 rings (SSSR count). The number of methoxy groups -OCH3 is 1. The van der Waals surface area contributed by atoms with Crippen LogP contribution in [0.1, 0.15) is 36.2 Å². The van der Waals surface area contributed by atoms with Crippen molar-refractivity contribution in [3.8, 4) is 0 Å². The van der Waals surface area contributed by atoms with E-state index in [-0.39, 0.29) is 5.91 Å². The Balaban J connectivity index is 1.91. The molecule has 0 aliphatic heterocycles. The van der Waals surface area contributed by atoms with E-state index in [2.05, 4.69) is 36.2 Å². The number of benzene rings is 2. The van der Waals surface area contributed by atoms with Gasteiger partial charge in [0.2, 0.25) is 5.91 Å². The maximum absolute atomic E-state index is 12.3. The van der Waals surface area contributed by atoms with Crippen molar-refractivity contribution in [2.45, 2.75) is 32.9 Å². The molecule has 0 aliphatic carbocycles. The van der Waals surface area contributed by atoms with Gasteiger partial charge in [-0.3, -0.25) is 9.69 Å². The third-order valence-electron chi connectivity index (χ3n) is 4.15. The molecular formula is C21H26N2O3. The average molecular weight is 354 g/mol. The summed E-state index contributed by atoms with van der Waals surface area (Å²) in [5, 5.41) is 2.85. The molecule has 0 atom stereocenters. The number of esters is 1. The Hall–Kier alpha value is -2.66. The van der Waals surface area contributed by atoms with E-state index in [9.17, 15) is 9.59 Å². The van der Waals surface area contributed by atoms with Gasteiger partial charge in [0.05, 0.1) is 12.7 Å². The zero-order valence-corrected chi connectivity index (χ0v) is 15.6. The molecule has 0 saturated carbocycles. The molecule has 5 heteroatoms. The molecule has 138 valence electrons. The van der Waals surface area contributed by atoms with Crippen LogP contribution in [-0.2, 0) is 16.1 Å². The molecule has 0 saturated heterocycles. The minimum atomic E-state index is -0.421. The average Bonchev–Trinajstić information content (AvgIpc) is 2.65. The summed E-state index contributed by atoms with van der Waals surface area (Å²) in [6, 6.07) is 17.3. The number of anilines is 1. The number of carbonyl (C=O) groups excluding carboxylic acids is 2. The third-order valence-corrected chi connectivity index (χ3v) is 4.15. The van der Waals surface area contributed by atoms with Crippen molar-refractivity contribution in [3.63, 3.8) is 0 Å². The number of ether oxygens (including phenoxy) is 1. The first-order valence-electron chi connectivity index (χ1n) is 8.76. The van der Waals surface area contributed by atoms with Crippen molar-refractivity contribution in [2.24, 2.45) is 0 Å². The Kier molecular flexibility index (Phi) is 7.36. The highest BCUT2D eigenvalue weighted by atomic mass is 16.5. The van der Waals surface area contributed by atoms with Crippen LogP contribution in [0.5, 0.6) is 0 Å². The molecule has 0 aromatic heterocycles.